The normalized spacial score (nSPS) is 12.1. The molecule has 2 N–H and O–H groups in total. The van der Waals surface area contributed by atoms with Crippen molar-refractivity contribution in [2.75, 3.05) is 18.2 Å². The minimum Gasteiger partial charge on any atom is -0.336 e. The SMILES string of the molecule is CS(=O)(=O)c1ccc2nc(Nc3cnn(CCF)c3)c3[nH]ncc3c2c1. The maximum absolute atomic E-state index is 12.4. The molecule has 0 radical (unpaired) electrons. The molecular weight excluding hydrogens is 359 g/mol. The number of anilines is 2. The van der Waals surface area contributed by atoms with Crippen LogP contribution in [-0.2, 0) is 16.4 Å². The molecule has 1 aromatic carbocycles. The van der Waals surface area contributed by atoms with E-state index in [9.17, 15) is 12.8 Å². The van der Waals surface area contributed by atoms with Crippen molar-refractivity contribution in [1.82, 2.24) is 25.0 Å². The number of rotatable bonds is 5. The minimum absolute atomic E-state index is 0.181. The third-order valence-electron chi connectivity index (χ3n) is 4.00. The molecular formula is C16H15FN6O2S. The predicted octanol–water partition coefficient (Wildman–Crippen LogP) is 2.42. The molecule has 0 spiro atoms. The predicted molar refractivity (Wildman–Crippen MR) is 96.0 cm³/mol. The third kappa shape index (κ3) is 2.88. The molecule has 0 bridgehead atoms. The summed E-state index contributed by atoms with van der Waals surface area (Å²) in [5, 5.41) is 15.6. The van der Waals surface area contributed by atoms with Gasteiger partial charge in [0.25, 0.3) is 0 Å². The minimum atomic E-state index is -3.32. The number of hydrogen-bond donors (Lipinski definition) is 2. The number of H-pyrrole nitrogens is 1. The van der Waals surface area contributed by atoms with Gasteiger partial charge >= 0.3 is 0 Å². The highest BCUT2D eigenvalue weighted by molar-refractivity contribution is 7.90. The van der Waals surface area contributed by atoms with Crippen LogP contribution in [-0.4, -0.2) is 46.3 Å². The van der Waals surface area contributed by atoms with E-state index in [0.29, 0.717) is 27.9 Å². The van der Waals surface area contributed by atoms with E-state index in [1.54, 1.807) is 30.7 Å². The van der Waals surface area contributed by atoms with Crippen molar-refractivity contribution in [1.29, 1.82) is 0 Å². The maximum atomic E-state index is 12.4. The van der Waals surface area contributed by atoms with Crippen LogP contribution < -0.4 is 5.32 Å². The summed E-state index contributed by atoms with van der Waals surface area (Å²) in [5.74, 6) is 0.525. The highest BCUT2D eigenvalue weighted by Gasteiger charge is 2.14. The molecule has 0 saturated carbocycles. The molecule has 0 fully saturated rings. The van der Waals surface area contributed by atoms with Gasteiger partial charge in [-0.25, -0.2) is 17.8 Å². The molecule has 3 heterocycles. The molecule has 0 aliphatic rings. The highest BCUT2D eigenvalue weighted by Crippen LogP contribution is 2.30. The molecule has 0 atom stereocenters. The van der Waals surface area contributed by atoms with Crippen LogP contribution in [0, 0.1) is 0 Å². The Morgan fingerprint density at radius 2 is 2.12 bits per heavy atom. The van der Waals surface area contributed by atoms with Crippen molar-refractivity contribution < 1.29 is 12.8 Å². The van der Waals surface area contributed by atoms with Gasteiger partial charge in [0.2, 0.25) is 0 Å². The molecule has 10 heteroatoms. The van der Waals surface area contributed by atoms with Crippen LogP contribution in [0.5, 0.6) is 0 Å². The Kier molecular flexibility index (Phi) is 3.83. The molecule has 8 nitrogen and oxygen atoms in total. The Morgan fingerprint density at radius 1 is 1.27 bits per heavy atom. The van der Waals surface area contributed by atoms with Gasteiger partial charge in [-0.15, -0.1) is 0 Å². The van der Waals surface area contributed by atoms with Crippen LogP contribution in [0.3, 0.4) is 0 Å². The van der Waals surface area contributed by atoms with Crippen LogP contribution in [0.25, 0.3) is 21.8 Å². The van der Waals surface area contributed by atoms with E-state index in [-0.39, 0.29) is 11.4 Å². The summed E-state index contributed by atoms with van der Waals surface area (Å²) in [5.41, 5.74) is 1.93. The van der Waals surface area contributed by atoms with Crippen molar-refractivity contribution >= 4 is 43.1 Å². The summed E-state index contributed by atoms with van der Waals surface area (Å²) in [6.07, 6.45) is 6.05. The first-order valence-corrected chi connectivity index (χ1v) is 9.67. The maximum Gasteiger partial charge on any atom is 0.175 e. The summed E-state index contributed by atoms with van der Waals surface area (Å²) in [4.78, 5) is 4.79. The average molecular weight is 374 g/mol. The van der Waals surface area contributed by atoms with Gasteiger partial charge in [-0.05, 0) is 18.2 Å². The quantitative estimate of drug-likeness (QED) is 0.556. The van der Waals surface area contributed by atoms with Gasteiger partial charge in [0, 0.05) is 23.2 Å². The Hall–Kier alpha value is -3.01. The van der Waals surface area contributed by atoms with E-state index in [1.807, 2.05) is 0 Å². The number of pyridine rings is 1. The zero-order valence-corrected chi connectivity index (χ0v) is 14.6. The van der Waals surface area contributed by atoms with E-state index in [2.05, 4.69) is 25.6 Å². The fraction of sp³-hybridized carbons (Fsp3) is 0.188. The summed E-state index contributed by atoms with van der Waals surface area (Å²) >= 11 is 0. The molecule has 4 rings (SSSR count). The number of fused-ring (bicyclic) bond motifs is 3. The van der Waals surface area contributed by atoms with Gasteiger partial charge in [0.15, 0.2) is 15.7 Å². The second kappa shape index (κ2) is 6.06. The van der Waals surface area contributed by atoms with Crippen molar-refractivity contribution in [3.63, 3.8) is 0 Å². The molecule has 0 amide bonds. The van der Waals surface area contributed by atoms with Gasteiger partial charge in [-0.1, -0.05) is 0 Å². The number of alkyl halides is 1. The topological polar surface area (TPSA) is 106 Å². The lowest BCUT2D eigenvalue weighted by Crippen LogP contribution is -2.00. The molecule has 26 heavy (non-hydrogen) atoms. The van der Waals surface area contributed by atoms with Crippen molar-refractivity contribution in [3.05, 3.63) is 36.8 Å². The van der Waals surface area contributed by atoms with Crippen LogP contribution in [0.15, 0.2) is 41.7 Å². The summed E-state index contributed by atoms with van der Waals surface area (Å²) in [7, 11) is -3.32. The Labute approximate surface area is 148 Å². The summed E-state index contributed by atoms with van der Waals surface area (Å²) in [6, 6.07) is 4.79. The van der Waals surface area contributed by atoms with Gasteiger partial charge in [-0.3, -0.25) is 9.78 Å². The Bertz CT molecular complexity index is 1210. The Balaban J connectivity index is 1.83. The molecule has 0 unspecified atom stereocenters. The zero-order valence-electron chi connectivity index (χ0n) is 13.8. The first kappa shape index (κ1) is 16.5. The number of hydrogen-bond acceptors (Lipinski definition) is 6. The van der Waals surface area contributed by atoms with Gasteiger partial charge < -0.3 is 5.32 Å². The average Bonchev–Trinajstić information content (AvgIpc) is 3.24. The number of benzene rings is 1. The van der Waals surface area contributed by atoms with Gasteiger partial charge in [0.1, 0.15) is 12.2 Å². The highest BCUT2D eigenvalue weighted by atomic mass is 32.2. The van der Waals surface area contributed by atoms with E-state index in [1.165, 1.54) is 17.0 Å². The summed E-state index contributed by atoms with van der Waals surface area (Å²) < 4.78 is 37.6. The van der Waals surface area contributed by atoms with Crippen LogP contribution in [0.2, 0.25) is 0 Å². The van der Waals surface area contributed by atoms with Crippen molar-refractivity contribution in [3.8, 4) is 0 Å². The fourth-order valence-corrected chi connectivity index (χ4v) is 3.42. The fourth-order valence-electron chi connectivity index (χ4n) is 2.77. The molecule has 134 valence electrons. The molecule has 0 saturated heterocycles. The second-order valence-corrected chi connectivity index (χ2v) is 7.89. The standard InChI is InChI=1S/C16H15FN6O2S/c1-26(24,25)11-2-3-14-12(6-11)13-8-18-22-15(13)16(21-14)20-10-7-19-23(9-10)5-4-17/h2-3,6-9H,4-5H2,1H3,(H,18,22)(H,20,21). The molecule has 0 aliphatic carbocycles. The van der Waals surface area contributed by atoms with Gasteiger partial charge in [0.05, 0.1) is 35.0 Å². The van der Waals surface area contributed by atoms with Crippen molar-refractivity contribution in [2.24, 2.45) is 0 Å². The monoisotopic (exact) mass is 374 g/mol. The number of nitrogens with one attached hydrogen (secondary N) is 2. The smallest absolute Gasteiger partial charge is 0.175 e. The van der Waals surface area contributed by atoms with Crippen molar-refractivity contribution in [2.45, 2.75) is 11.4 Å². The number of nitrogens with zero attached hydrogens (tertiary/aromatic N) is 4. The lowest BCUT2D eigenvalue weighted by atomic mass is 10.1. The number of halogens is 1. The lowest BCUT2D eigenvalue weighted by Gasteiger charge is -2.08. The van der Waals surface area contributed by atoms with E-state index < -0.39 is 16.5 Å². The van der Waals surface area contributed by atoms with E-state index in [0.717, 1.165) is 5.39 Å². The van der Waals surface area contributed by atoms with Crippen LogP contribution >= 0.6 is 0 Å². The number of aromatic nitrogens is 5. The molecule has 4 aromatic rings. The van der Waals surface area contributed by atoms with Crippen LogP contribution in [0.1, 0.15) is 0 Å². The number of aromatic amines is 1. The summed E-state index contributed by atoms with van der Waals surface area (Å²) in [6.45, 7) is -0.316. The molecule has 0 aliphatic heterocycles. The first-order valence-electron chi connectivity index (χ1n) is 7.78. The second-order valence-electron chi connectivity index (χ2n) is 5.88. The van der Waals surface area contributed by atoms with Gasteiger partial charge in [-0.2, -0.15) is 10.2 Å². The molecule has 3 aromatic heterocycles. The largest absolute Gasteiger partial charge is 0.336 e. The number of sulfone groups is 1. The van der Waals surface area contributed by atoms with Crippen LogP contribution in [0.4, 0.5) is 15.9 Å². The number of aryl methyl sites for hydroxylation is 1. The first-order chi connectivity index (χ1) is 12.5. The van der Waals surface area contributed by atoms with E-state index >= 15 is 0 Å². The van der Waals surface area contributed by atoms with E-state index in [4.69, 9.17) is 0 Å². The Morgan fingerprint density at radius 3 is 2.88 bits per heavy atom. The third-order valence-corrected chi connectivity index (χ3v) is 5.11. The zero-order chi connectivity index (χ0) is 18.3. The lowest BCUT2D eigenvalue weighted by molar-refractivity contribution is 0.427.